The predicted octanol–water partition coefficient (Wildman–Crippen LogP) is 1.22. The van der Waals surface area contributed by atoms with E-state index >= 15 is 0 Å². The third kappa shape index (κ3) is 2.14. The summed E-state index contributed by atoms with van der Waals surface area (Å²) in [5.74, 6) is 0.0427. The number of rotatable bonds is 2. The average molecular weight is 279 g/mol. The van der Waals surface area contributed by atoms with Crippen LogP contribution < -0.4 is 5.32 Å². The number of thiazole rings is 1. The van der Waals surface area contributed by atoms with E-state index in [-0.39, 0.29) is 18.4 Å². The summed E-state index contributed by atoms with van der Waals surface area (Å²) in [6.07, 6.45) is 3.57. The molecule has 102 valence electrons. The first-order valence-corrected chi connectivity index (χ1v) is 7.48. The van der Waals surface area contributed by atoms with Crippen LogP contribution in [0, 0.1) is 6.92 Å². The molecule has 5 nitrogen and oxygen atoms in total. The summed E-state index contributed by atoms with van der Waals surface area (Å²) in [7, 11) is 0. The Morgan fingerprint density at radius 2 is 2.16 bits per heavy atom. The van der Waals surface area contributed by atoms with Crippen molar-refractivity contribution in [2.45, 2.75) is 44.7 Å². The van der Waals surface area contributed by atoms with Crippen molar-refractivity contribution in [3.8, 4) is 0 Å². The highest BCUT2D eigenvalue weighted by molar-refractivity contribution is 7.09. The second kappa shape index (κ2) is 4.59. The van der Waals surface area contributed by atoms with E-state index in [1.54, 1.807) is 21.7 Å². The number of piperazine rings is 1. The third-order valence-corrected chi connectivity index (χ3v) is 4.97. The molecule has 0 bridgehead atoms. The lowest BCUT2D eigenvalue weighted by atomic mass is 9.93. The normalized spacial score (nSPS) is 22.1. The second-order valence-electron chi connectivity index (χ2n) is 5.36. The van der Waals surface area contributed by atoms with Gasteiger partial charge in [-0.3, -0.25) is 9.59 Å². The lowest BCUT2D eigenvalue weighted by molar-refractivity contribution is -0.150. The van der Waals surface area contributed by atoms with E-state index in [0.717, 1.165) is 36.3 Å². The molecule has 1 aromatic rings. The van der Waals surface area contributed by atoms with Gasteiger partial charge in [0.1, 0.15) is 12.1 Å². The molecule has 3 rings (SSSR count). The SMILES string of the molecule is Cc1ncsc1CN1CC(=O)NC2(CCCC2)C1=O. The highest BCUT2D eigenvalue weighted by atomic mass is 32.1. The number of nitrogens with one attached hydrogen (secondary N) is 1. The molecule has 1 saturated carbocycles. The lowest BCUT2D eigenvalue weighted by Crippen LogP contribution is -2.65. The molecule has 2 heterocycles. The van der Waals surface area contributed by atoms with Crippen molar-refractivity contribution >= 4 is 23.2 Å². The Balaban J connectivity index is 1.83. The van der Waals surface area contributed by atoms with E-state index in [2.05, 4.69) is 10.3 Å². The highest BCUT2D eigenvalue weighted by Crippen LogP contribution is 2.34. The van der Waals surface area contributed by atoms with Crippen LogP contribution in [0.3, 0.4) is 0 Å². The molecule has 1 saturated heterocycles. The van der Waals surface area contributed by atoms with Gasteiger partial charge in [0, 0.05) is 4.88 Å². The Morgan fingerprint density at radius 1 is 1.42 bits per heavy atom. The van der Waals surface area contributed by atoms with Crippen molar-refractivity contribution in [3.05, 3.63) is 16.1 Å². The molecule has 0 atom stereocenters. The van der Waals surface area contributed by atoms with Crippen LogP contribution in [0.4, 0.5) is 0 Å². The summed E-state index contributed by atoms with van der Waals surface area (Å²) in [4.78, 5) is 31.5. The predicted molar refractivity (Wildman–Crippen MR) is 71.6 cm³/mol. The molecule has 6 heteroatoms. The van der Waals surface area contributed by atoms with Crippen molar-refractivity contribution in [1.29, 1.82) is 0 Å². The average Bonchev–Trinajstić information content (AvgIpc) is 2.97. The van der Waals surface area contributed by atoms with Gasteiger partial charge in [0.05, 0.1) is 17.7 Å². The molecule has 1 N–H and O–H groups in total. The van der Waals surface area contributed by atoms with Crippen LogP contribution in [0.5, 0.6) is 0 Å². The first kappa shape index (κ1) is 12.6. The molecule has 1 aliphatic heterocycles. The van der Waals surface area contributed by atoms with E-state index in [1.807, 2.05) is 6.92 Å². The minimum absolute atomic E-state index is 0.0383. The van der Waals surface area contributed by atoms with Gasteiger partial charge in [-0.25, -0.2) is 4.98 Å². The summed E-state index contributed by atoms with van der Waals surface area (Å²) >= 11 is 1.54. The van der Waals surface area contributed by atoms with E-state index in [4.69, 9.17) is 0 Å². The zero-order valence-corrected chi connectivity index (χ0v) is 11.8. The smallest absolute Gasteiger partial charge is 0.249 e. The molecule has 1 aliphatic carbocycles. The number of amides is 2. The van der Waals surface area contributed by atoms with Crippen molar-refractivity contribution < 1.29 is 9.59 Å². The Morgan fingerprint density at radius 3 is 2.79 bits per heavy atom. The molecule has 0 aromatic carbocycles. The van der Waals surface area contributed by atoms with Gasteiger partial charge >= 0.3 is 0 Å². The molecule has 2 aliphatic rings. The van der Waals surface area contributed by atoms with Crippen LogP contribution in [-0.4, -0.2) is 33.8 Å². The fourth-order valence-corrected chi connectivity index (χ4v) is 3.80. The van der Waals surface area contributed by atoms with E-state index < -0.39 is 5.54 Å². The molecular formula is C13H17N3O2S. The molecule has 1 spiro atoms. The van der Waals surface area contributed by atoms with Gasteiger partial charge in [0.2, 0.25) is 11.8 Å². The first-order chi connectivity index (χ1) is 9.11. The number of carbonyl (C=O) groups is 2. The molecule has 2 fully saturated rings. The second-order valence-corrected chi connectivity index (χ2v) is 6.30. The minimum atomic E-state index is -0.617. The third-order valence-electron chi connectivity index (χ3n) is 4.05. The fourth-order valence-electron chi connectivity index (χ4n) is 3.00. The van der Waals surface area contributed by atoms with Crippen molar-refractivity contribution in [2.24, 2.45) is 0 Å². The summed E-state index contributed by atoms with van der Waals surface area (Å²) in [6.45, 7) is 2.61. The maximum atomic E-state index is 12.6. The standard InChI is InChI=1S/C13H17N3O2S/c1-9-10(19-8-14-9)6-16-7-11(17)15-13(12(16)18)4-2-3-5-13/h8H,2-7H2,1H3,(H,15,17). The summed E-state index contributed by atoms with van der Waals surface area (Å²) in [5.41, 5.74) is 2.11. The van der Waals surface area contributed by atoms with Crippen molar-refractivity contribution in [1.82, 2.24) is 15.2 Å². The first-order valence-electron chi connectivity index (χ1n) is 6.60. The van der Waals surface area contributed by atoms with Gasteiger partial charge in [-0.05, 0) is 19.8 Å². The van der Waals surface area contributed by atoms with Crippen LogP contribution in [0.25, 0.3) is 0 Å². The van der Waals surface area contributed by atoms with Crippen LogP contribution in [0.15, 0.2) is 5.51 Å². The van der Waals surface area contributed by atoms with Crippen LogP contribution >= 0.6 is 11.3 Å². The molecule has 0 radical (unpaired) electrons. The van der Waals surface area contributed by atoms with Gasteiger partial charge < -0.3 is 10.2 Å². The lowest BCUT2D eigenvalue weighted by Gasteiger charge is -2.39. The molecule has 19 heavy (non-hydrogen) atoms. The summed E-state index contributed by atoms with van der Waals surface area (Å²) in [6, 6.07) is 0. The Labute approximate surface area is 116 Å². The monoisotopic (exact) mass is 279 g/mol. The topological polar surface area (TPSA) is 62.3 Å². The van der Waals surface area contributed by atoms with Gasteiger partial charge in [-0.15, -0.1) is 11.3 Å². The maximum Gasteiger partial charge on any atom is 0.249 e. The molecular weight excluding hydrogens is 262 g/mol. The Bertz CT molecular complexity index is 520. The number of aryl methyl sites for hydroxylation is 1. The van der Waals surface area contributed by atoms with E-state index in [0.29, 0.717) is 6.54 Å². The fraction of sp³-hybridized carbons (Fsp3) is 0.615. The van der Waals surface area contributed by atoms with Crippen molar-refractivity contribution in [3.63, 3.8) is 0 Å². The van der Waals surface area contributed by atoms with E-state index in [9.17, 15) is 9.59 Å². The van der Waals surface area contributed by atoms with Gasteiger partial charge in [-0.2, -0.15) is 0 Å². The van der Waals surface area contributed by atoms with Crippen LogP contribution in [0.1, 0.15) is 36.3 Å². The minimum Gasteiger partial charge on any atom is -0.340 e. The zero-order chi connectivity index (χ0) is 13.5. The quantitative estimate of drug-likeness (QED) is 0.885. The number of aromatic nitrogens is 1. The van der Waals surface area contributed by atoms with Gasteiger partial charge in [0.15, 0.2) is 0 Å². The number of hydrogen-bond donors (Lipinski definition) is 1. The van der Waals surface area contributed by atoms with Crippen LogP contribution in [0.2, 0.25) is 0 Å². The summed E-state index contributed by atoms with van der Waals surface area (Å²) in [5, 5.41) is 2.92. The molecule has 1 aromatic heterocycles. The van der Waals surface area contributed by atoms with E-state index in [1.165, 1.54) is 0 Å². The molecule has 2 amide bonds. The van der Waals surface area contributed by atoms with Gasteiger partial charge in [-0.1, -0.05) is 12.8 Å². The van der Waals surface area contributed by atoms with Crippen LogP contribution in [-0.2, 0) is 16.1 Å². The number of nitrogens with zero attached hydrogens (tertiary/aromatic N) is 2. The Kier molecular flexibility index (Phi) is 3.05. The Hall–Kier alpha value is -1.43. The van der Waals surface area contributed by atoms with Gasteiger partial charge in [0.25, 0.3) is 0 Å². The number of hydrogen-bond acceptors (Lipinski definition) is 4. The highest BCUT2D eigenvalue weighted by Gasteiger charge is 2.48. The van der Waals surface area contributed by atoms with Crippen molar-refractivity contribution in [2.75, 3.05) is 6.54 Å². The molecule has 0 unspecified atom stereocenters. The zero-order valence-electron chi connectivity index (χ0n) is 10.9. The maximum absolute atomic E-state index is 12.6. The largest absolute Gasteiger partial charge is 0.340 e. The number of carbonyl (C=O) groups excluding carboxylic acids is 2. The summed E-state index contributed by atoms with van der Waals surface area (Å²) < 4.78 is 0.